The molecule has 1 unspecified atom stereocenters. The molecule has 1 N–H and O–H groups in total. The van der Waals surface area contributed by atoms with Gasteiger partial charge in [0, 0.05) is 57.8 Å². The Morgan fingerprint density at radius 1 is 1.14 bits per heavy atom. The number of amides is 2. The van der Waals surface area contributed by atoms with Crippen molar-refractivity contribution >= 4 is 29.3 Å². The minimum absolute atomic E-state index is 0.0142. The Hall–Kier alpha value is -1.84. The summed E-state index contributed by atoms with van der Waals surface area (Å²) in [7, 11) is 0. The van der Waals surface area contributed by atoms with E-state index in [2.05, 4.69) is 37.4 Å². The monoisotopic (exact) mass is 533 g/mol. The molecule has 205 valence electrons. The normalized spacial score (nSPS) is 23.5. The van der Waals surface area contributed by atoms with Crippen LogP contribution in [0.15, 0.2) is 18.2 Å². The zero-order chi connectivity index (χ0) is 26.4. The van der Waals surface area contributed by atoms with E-state index >= 15 is 4.39 Å². The van der Waals surface area contributed by atoms with Gasteiger partial charge in [0.2, 0.25) is 11.8 Å². The number of anilines is 1. The molecule has 0 spiro atoms. The van der Waals surface area contributed by atoms with E-state index < -0.39 is 5.25 Å². The second-order valence-corrected chi connectivity index (χ2v) is 12.6. The molecular formula is C28H42FN4O3S. The summed E-state index contributed by atoms with van der Waals surface area (Å²) in [5.74, 6) is -0.287. The SMILES string of the molecule is CC(C)(C)CCN1C(=O)[C@H](CC(=O)N2CC[CH]CC2)SC1c1cccc(F)c1NCCN1CCOCC1. The molecule has 1 aromatic carbocycles. The van der Waals surface area contributed by atoms with Crippen molar-refractivity contribution in [2.24, 2.45) is 5.41 Å². The predicted molar refractivity (Wildman–Crippen MR) is 147 cm³/mol. The van der Waals surface area contributed by atoms with Gasteiger partial charge in [-0.15, -0.1) is 11.8 Å². The summed E-state index contributed by atoms with van der Waals surface area (Å²) in [4.78, 5) is 32.7. The Morgan fingerprint density at radius 2 is 1.86 bits per heavy atom. The van der Waals surface area contributed by atoms with Gasteiger partial charge in [-0.25, -0.2) is 4.39 Å². The van der Waals surface area contributed by atoms with Crippen molar-refractivity contribution < 1.29 is 18.7 Å². The van der Waals surface area contributed by atoms with Gasteiger partial charge in [-0.05, 0) is 37.2 Å². The van der Waals surface area contributed by atoms with Crippen LogP contribution in [0.3, 0.4) is 0 Å². The van der Waals surface area contributed by atoms with Crippen LogP contribution in [0.25, 0.3) is 0 Å². The maximum atomic E-state index is 15.1. The van der Waals surface area contributed by atoms with Gasteiger partial charge in [-0.2, -0.15) is 0 Å². The van der Waals surface area contributed by atoms with E-state index in [1.165, 1.54) is 17.8 Å². The van der Waals surface area contributed by atoms with Gasteiger partial charge in [0.05, 0.1) is 24.2 Å². The van der Waals surface area contributed by atoms with Crippen molar-refractivity contribution in [2.75, 3.05) is 64.3 Å². The second-order valence-electron chi connectivity index (χ2n) is 11.4. The van der Waals surface area contributed by atoms with Gasteiger partial charge >= 0.3 is 0 Å². The van der Waals surface area contributed by atoms with Crippen molar-refractivity contribution in [1.82, 2.24) is 14.7 Å². The van der Waals surface area contributed by atoms with E-state index in [1.54, 1.807) is 6.07 Å². The number of ether oxygens (including phenoxy) is 1. The standard InChI is InChI=1S/C28H42FN4O3S/c1-28(2,3)10-14-33-26(35)23(20-24(34)32-12-5-4-6-13-32)37-27(33)21-8-7-9-22(29)25(21)30-11-15-31-16-18-36-19-17-31/h4,7-9,23,27,30H,5-6,10-20H2,1-3H3/t23-,27?/m0/s1. The smallest absolute Gasteiger partial charge is 0.237 e. The number of piperidine rings is 1. The van der Waals surface area contributed by atoms with Crippen LogP contribution in [0.4, 0.5) is 10.1 Å². The molecule has 4 rings (SSSR count). The third-order valence-corrected chi connectivity index (χ3v) is 8.76. The van der Waals surface area contributed by atoms with Crippen molar-refractivity contribution in [1.29, 1.82) is 0 Å². The summed E-state index contributed by atoms with van der Waals surface area (Å²) in [6.45, 7) is 13.1. The maximum absolute atomic E-state index is 15.1. The van der Waals surface area contributed by atoms with Crippen LogP contribution in [0.5, 0.6) is 0 Å². The molecule has 3 saturated heterocycles. The quantitative estimate of drug-likeness (QED) is 0.514. The molecule has 0 aliphatic carbocycles. The van der Waals surface area contributed by atoms with Crippen LogP contribution < -0.4 is 5.32 Å². The van der Waals surface area contributed by atoms with Crippen LogP contribution in [0.2, 0.25) is 0 Å². The number of rotatable bonds is 9. The number of hydrogen-bond acceptors (Lipinski definition) is 6. The first kappa shape index (κ1) is 28.2. The Labute approximate surface area is 225 Å². The van der Waals surface area contributed by atoms with E-state index in [9.17, 15) is 9.59 Å². The third-order valence-electron chi connectivity index (χ3n) is 7.30. The van der Waals surface area contributed by atoms with Gasteiger partial charge in [-0.1, -0.05) is 32.9 Å². The first-order valence-corrected chi connectivity index (χ1v) is 14.5. The topological polar surface area (TPSA) is 65.1 Å². The summed E-state index contributed by atoms with van der Waals surface area (Å²) in [6.07, 6.45) is 5.04. The second kappa shape index (κ2) is 12.8. The van der Waals surface area contributed by atoms with Gasteiger partial charge in [0.1, 0.15) is 11.2 Å². The van der Waals surface area contributed by atoms with Crippen molar-refractivity contribution in [2.45, 2.75) is 57.1 Å². The highest BCUT2D eigenvalue weighted by molar-refractivity contribution is 8.01. The summed E-state index contributed by atoms with van der Waals surface area (Å²) in [5, 5.41) is 2.55. The number of hydrogen-bond donors (Lipinski definition) is 1. The number of nitrogens with one attached hydrogen (secondary N) is 1. The average molecular weight is 534 g/mol. The highest BCUT2D eigenvalue weighted by atomic mass is 32.2. The molecular weight excluding hydrogens is 491 g/mol. The molecule has 3 heterocycles. The lowest BCUT2D eigenvalue weighted by molar-refractivity contribution is -0.136. The molecule has 1 radical (unpaired) electrons. The van der Waals surface area contributed by atoms with Crippen LogP contribution >= 0.6 is 11.8 Å². The van der Waals surface area contributed by atoms with Crippen molar-refractivity contribution in [3.8, 4) is 0 Å². The van der Waals surface area contributed by atoms with E-state index in [1.807, 2.05) is 15.9 Å². The zero-order valence-corrected chi connectivity index (χ0v) is 23.3. The van der Waals surface area contributed by atoms with E-state index in [-0.39, 0.29) is 34.8 Å². The molecule has 0 aromatic heterocycles. The number of thioether (sulfide) groups is 1. The van der Waals surface area contributed by atoms with Crippen LogP contribution in [0, 0.1) is 17.7 Å². The number of carbonyl (C=O) groups excluding carboxylic acids is 2. The lowest BCUT2D eigenvalue weighted by Crippen LogP contribution is -2.39. The van der Waals surface area contributed by atoms with Gasteiger partial charge in [0.25, 0.3) is 0 Å². The highest BCUT2D eigenvalue weighted by Gasteiger charge is 2.43. The van der Waals surface area contributed by atoms with Gasteiger partial charge in [0.15, 0.2) is 0 Å². The van der Waals surface area contributed by atoms with Gasteiger partial charge < -0.3 is 19.9 Å². The summed E-state index contributed by atoms with van der Waals surface area (Å²) < 4.78 is 20.6. The summed E-state index contributed by atoms with van der Waals surface area (Å²) >= 11 is 1.49. The largest absolute Gasteiger partial charge is 0.381 e. The third kappa shape index (κ3) is 7.60. The molecule has 0 saturated carbocycles. The number of carbonyl (C=O) groups is 2. The lowest BCUT2D eigenvalue weighted by atomic mass is 9.92. The van der Waals surface area contributed by atoms with Crippen LogP contribution in [-0.2, 0) is 14.3 Å². The van der Waals surface area contributed by atoms with Crippen LogP contribution in [0.1, 0.15) is 57.4 Å². The number of nitrogens with zero attached hydrogens (tertiary/aromatic N) is 3. The number of likely N-dealkylation sites (tertiary alicyclic amines) is 1. The Bertz CT molecular complexity index is 928. The van der Waals surface area contributed by atoms with E-state index in [0.717, 1.165) is 70.8 Å². The summed E-state index contributed by atoms with van der Waals surface area (Å²) in [5.41, 5.74) is 1.28. The summed E-state index contributed by atoms with van der Waals surface area (Å²) in [6, 6.07) is 5.10. The molecule has 7 nitrogen and oxygen atoms in total. The van der Waals surface area contributed by atoms with E-state index in [4.69, 9.17) is 4.74 Å². The maximum Gasteiger partial charge on any atom is 0.237 e. The van der Waals surface area contributed by atoms with E-state index in [0.29, 0.717) is 18.8 Å². The molecule has 37 heavy (non-hydrogen) atoms. The fraction of sp³-hybridized carbons (Fsp3) is 0.679. The first-order chi connectivity index (χ1) is 17.7. The molecule has 9 heteroatoms. The number of para-hydroxylation sites is 1. The molecule has 3 aliphatic heterocycles. The fourth-order valence-electron chi connectivity index (χ4n) is 5.03. The Balaban J connectivity index is 1.51. The van der Waals surface area contributed by atoms with Crippen LogP contribution in [-0.4, -0.2) is 90.8 Å². The van der Waals surface area contributed by atoms with Crippen molar-refractivity contribution in [3.63, 3.8) is 0 Å². The minimum atomic E-state index is -0.451. The molecule has 1 aromatic rings. The Kier molecular flexibility index (Phi) is 9.75. The molecule has 2 amide bonds. The predicted octanol–water partition coefficient (Wildman–Crippen LogP) is 4.17. The fourth-order valence-corrected chi connectivity index (χ4v) is 6.53. The molecule has 2 atom stereocenters. The molecule has 0 bridgehead atoms. The number of benzene rings is 1. The average Bonchev–Trinajstić information content (AvgIpc) is 3.19. The number of morpholine rings is 1. The highest BCUT2D eigenvalue weighted by Crippen LogP contribution is 2.47. The Morgan fingerprint density at radius 3 is 2.57 bits per heavy atom. The van der Waals surface area contributed by atoms with Gasteiger partial charge in [-0.3, -0.25) is 14.5 Å². The first-order valence-electron chi connectivity index (χ1n) is 13.6. The lowest BCUT2D eigenvalue weighted by Gasteiger charge is -2.30. The minimum Gasteiger partial charge on any atom is -0.381 e. The molecule has 3 fully saturated rings. The number of halogens is 1. The zero-order valence-electron chi connectivity index (χ0n) is 22.5. The molecule has 3 aliphatic rings. The van der Waals surface area contributed by atoms with Crippen molar-refractivity contribution in [3.05, 3.63) is 36.0 Å².